The molecule has 1 fully saturated rings. The second-order valence-electron chi connectivity index (χ2n) is 4.03. The molecule has 1 heterocycles. The molecule has 1 aliphatic heterocycles. The number of nitrogens with one attached hydrogen (secondary N) is 1. The molecule has 94 valence electrons. The summed E-state index contributed by atoms with van der Waals surface area (Å²) >= 11 is 0. The van der Waals surface area contributed by atoms with Gasteiger partial charge in [-0.3, -0.25) is 4.79 Å². The van der Waals surface area contributed by atoms with Crippen LogP contribution in [-0.2, 0) is 16.0 Å². The van der Waals surface area contributed by atoms with Gasteiger partial charge in [-0.15, -0.1) is 12.4 Å². The van der Waals surface area contributed by atoms with Crippen molar-refractivity contribution < 1.29 is 9.53 Å². The van der Waals surface area contributed by atoms with Gasteiger partial charge in [-0.1, -0.05) is 30.3 Å². The largest absolute Gasteiger partial charge is 0.378 e. The fourth-order valence-corrected chi connectivity index (χ4v) is 1.86. The van der Waals surface area contributed by atoms with Gasteiger partial charge in [0.2, 0.25) is 0 Å². The van der Waals surface area contributed by atoms with Gasteiger partial charge in [0.25, 0.3) is 0 Å². The molecule has 3 nitrogen and oxygen atoms in total. The molecule has 1 atom stereocenters. The second-order valence-corrected chi connectivity index (χ2v) is 4.03. The van der Waals surface area contributed by atoms with Crippen LogP contribution in [0, 0.1) is 0 Å². The van der Waals surface area contributed by atoms with E-state index in [1.165, 1.54) is 5.56 Å². The molecule has 0 aromatic heterocycles. The summed E-state index contributed by atoms with van der Waals surface area (Å²) in [5.41, 5.74) is 1.22. The second kappa shape index (κ2) is 7.43. The van der Waals surface area contributed by atoms with E-state index in [1.54, 1.807) is 0 Å². The number of carbonyl (C=O) groups excluding carboxylic acids is 1. The van der Waals surface area contributed by atoms with Crippen LogP contribution in [-0.4, -0.2) is 31.6 Å². The molecule has 2 rings (SSSR count). The monoisotopic (exact) mass is 255 g/mol. The van der Waals surface area contributed by atoms with Gasteiger partial charge in [0.15, 0.2) is 5.78 Å². The zero-order valence-electron chi connectivity index (χ0n) is 9.72. The van der Waals surface area contributed by atoms with E-state index in [9.17, 15) is 4.79 Å². The molecule has 0 amide bonds. The number of hydrogen-bond donors (Lipinski definition) is 1. The van der Waals surface area contributed by atoms with Crippen molar-refractivity contribution in [1.29, 1.82) is 0 Å². The van der Waals surface area contributed by atoms with E-state index in [0.29, 0.717) is 19.6 Å². The van der Waals surface area contributed by atoms with Crippen molar-refractivity contribution in [2.45, 2.75) is 18.9 Å². The SMILES string of the molecule is Cl.O=C(CCc1ccccc1)[C@H]1COCCN1. The Kier molecular flexibility index (Phi) is 6.19. The number of Topliss-reactive ketones (excluding diaryl/α,β-unsaturated/α-hetero) is 1. The lowest BCUT2D eigenvalue weighted by Crippen LogP contribution is -2.46. The highest BCUT2D eigenvalue weighted by Crippen LogP contribution is 2.05. The predicted molar refractivity (Wildman–Crippen MR) is 69.6 cm³/mol. The van der Waals surface area contributed by atoms with Crippen LogP contribution in [0.15, 0.2) is 30.3 Å². The average Bonchev–Trinajstić information content (AvgIpc) is 2.38. The summed E-state index contributed by atoms with van der Waals surface area (Å²) in [6.07, 6.45) is 1.41. The molecular formula is C13H18ClNO2. The van der Waals surface area contributed by atoms with E-state index >= 15 is 0 Å². The van der Waals surface area contributed by atoms with Gasteiger partial charge in [0, 0.05) is 13.0 Å². The number of rotatable bonds is 4. The maximum Gasteiger partial charge on any atom is 0.152 e. The molecule has 1 aromatic carbocycles. The molecule has 1 N–H and O–H groups in total. The number of morpholine rings is 1. The lowest BCUT2D eigenvalue weighted by Gasteiger charge is -2.22. The van der Waals surface area contributed by atoms with E-state index in [0.717, 1.165) is 13.0 Å². The van der Waals surface area contributed by atoms with Crippen molar-refractivity contribution in [3.8, 4) is 0 Å². The Hall–Kier alpha value is -0.900. The van der Waals surface area contributed by atoms with Crippen LogP contribution in [0.3, 0.4) is 0 Å². The first kappa shape index (κ1) is 14.2. The smallest absolute Gasteiger partial charge is 0.152 e. The quantitative estimate of drug-likeness (QED) is 0.888. The summed E-state index contributed by atoms with van der Waals surface area (Å²) in [6.45, 7) is 2.01. The number of benzene rings is 1. The Bertz CT molecular complexity index is 337. The number of carbonyl (C=O) groups is 1. The Labute approximate surface area is 108 Å². The van der Waals surface area contributed by atoms with Gasteiger partial charge in [0.05, 0.1) is 19.3 Å². The minimum atomic E-state index is -0.0996. The summed E-state index contributed by atoms with van der Waals surface area (Å²) in [5, 5.41) is 3.18. The number of ether oxygens (including phenoxy) is 1. The van der Waals surface area contributed by atoms with Gasteiger partial charge in [-0.25, -0.2) is 0 Å². The summed E-state index contributed by atoms with van der Waals surface area (Å²) in [4.78, 5) is 11.8. The molecular weight excluding hydrogens is 238 g/mol. The standard InChI is InChI=1S/C13H17NO2.ClH/c15-13(12-10-16-9-8-14-12)7-6-11-4-2-1-3-5-11;/h1-5,12,14H,6-10H2;1H/t12-;/m1./s1. The lowest BCUT2D eigenvalue weighted by atomic mass is 10.0. The van der Waals surface area contributed by atoms with Crippen molar-refractivity contribution in [3.63, 3.8) is 0 Å². The van der Waals surface area contributed by atoms with Gasteiger partial charge >= 0.3 is 0 Å². The number of ketones is 1. The van der Waals surface area contributed by atoms with Crippen molar-refractivity contribution in [3.05, 3.63) is 35.9 Å². The van der Waals surface area contributed by atoms with E-state index < -0.39 is 0 Å². The van der Waals surface area contributed by atoms with Crippen molar-refractivity contribution in [2.24, 2.45) is 0 Å². The van der Waals surface area contributed by atoms with Crippen LogP contribution in [0.2, 0.25) is 0 Å². The molecule has 0 radical (unpaired) electrons. The summed E-state index contributed by atoms with van der Waals surface area (Å²) in [7, 11) is 0. The molecule has 1 aromatic rings. The Morgan fingerprint density at radius 2 is 2.12 bits per heavy atom. The first-order valence-electron chi connectivity index (χ1n) is 5.74. The molecule has 0 bridgehead atoms. The van der Waals surface area contributed by atoms with Gasteiger partial charge in [-0.05, 0) is 12.0 Å². The van der Waals surface area contributed by atoms with Crippen LogP contribution in [0.25, 0.3) is 0 Å². The summed E-state index contributed by atoms with van der Waals surface area (Å²) < 4.78 is 5.27. The topological polar surface area (TPSA) is 38.3 Å². The molecule has 0 aliphatic carbocycles. The third-order valence-electron chi connectivity index (χ3n) is 2.81. The van der Waals surface area contributed by atoms with Crippen LogP contribution < -0.4 is 5.32 Å². The fourth-order valence-electron chi connectivity index (χ4n) is 1.86. The first-order valence-corrected chi connectivity index (χ1v) is 5.74. The van der Waals surface area contributed by atoms with Crippen LogP contribution >= 0.6 is 12.4 Å². The molecule has 0 spiro atoms. The molecule has 17 heavy (non-hydrogen) atoms. The molecule has 1 saturated heterocycles. The van der Waals surface area contributed by atoms with E-state index in [1.807, 2.05) is 18.2 Å². The van der Waals surface area contributed by atoms with Crippen molar-refractivity contribution >= 4 is 18.2 Å². The molecule has 1 aliphatic rings. The van der Waals surface area contributed by atoms with Gasteiger partial charge < -0.3 is 10.1 Å². The Balaban J connectivity index is 0.00000144. The normalized spacial score (nSPS) is 19.4. The molecule has 0 unspecified atom stereocenters. The highest BCUT2D eigenvalue weighted by atomic mass is 35.5. The van der Waals surface area contributed by atoms with Crippen molar-refractivity contribution in [1.82, 2.24) is 5.32 Å². The maximum absolute atomic E-state index is 11.8. The summed E-state index contributed by atoms with van der Waals surface area (Å²) in [6, 6.07) is 10.00. The molecule has 4 heteroatoms. The van der Waals surface area contributed by atoms with Crippen LogP contribution in [0.5, 0.6) is 0 Å². The van der Waals surface area contributed by atoms with E-state index in [4.69, 9.17) is 4.74 Å². The van der Waals surface area contributed by atoms with Crippen molar-refractivity contribution in [2.75, 3.05) is 19.8 Å². The zero-order valence-corrected chi connectivity index (χ0v) is 10.5. The van der Waals surface area contributed by atoms with E-state index in [2.05, 4.69) is 17.4 Å². The third-order valence-corrected chi connectivity index (χ3v) is 2.81. The van der Waals surface area contributed by atoms with E-state index in [-0.39, 0.29) is 24.2 Å². The van der Waals surface area contributed by atoms with Crippen LogP contribution in [0.4, 0.5) is 0 Å². The highest BCUT2D eigenvalue weighted by Gasteiger charge is 2.20. The predicted octanol–water partition coefficient (Wildman–Crippen LogP) is 1.60. The van der Waals surface area contributed by atoms with Gasteiger partial charge in [-0.2, -0.15) is 0 Å². The summed E-state index contributed by atoms with van der Waals surface area (Å²) in [5.74, 6) is 0.253. The Morgan fingerprint density at radius 3 is 2.76 bits per heavy atom. The minimum Gasteiger partial charge on any atom is -0.378 e. The number of hydrogen-bond acceptors (Lipinski definition) is 3. The van der Waals surface area contributed by atoms with Crippen LogP contribution in [0.1, 0.15) is 12.0 Å². The average molecular weight is 256 g/mol. The van der Waals surface area contributed by atoms with Gasteiger partial charge in [0.1, 0.15) is 0 Å². The highest BCUT2D eigenvalue weighted by molar-refractivity contribution is 5.85. The fraction of sp³-hybridized carbons (Fsp3) is 0.462. The third kappa shape index (κ3) is 4.46. The number of aryl methyl sites for hydroxylation is 1. The number of halogens is 1. The minimum absolute atomic E-state index is 0. The lowest BCUT2D eigenvalue weighted by molar-refractivity contribution is -0.123. The molecule has 0 saturated carbocycles. The zero-order chi connectivity index (χ0) is 11.2. The maximum atomic E-state index is 11.8. The first-order chi connectivity index (χ1) is 7.86. The Morgan fingerprint density at radius 1 is 1.35 bits per heavy atom.